The number of ketones is 1. The van der Waals surface area contributed by atoms with Crippen molar-refractivity contribution in [3.05, 3.63) is 83.9 Å². The van der Waals surface area contributed by atoms with Gasteiger partial charge in [0.25, 0.3) is 5.91 Å². The van der Waals surface area contributed by atoms with Crippen molar-refractivity contribution in [2.75, 3.05) is 11.9 Å². The summed E-state index contributed by atoms with van der Waals surface area (Å²) in [5, 5.41) is 2.79. The zero-order valence-corrected chi connectivity index (χ0v) is 15.8. The number of aryl methyl sites for hydroxylation is 1. The predicted octanol–water partition coefficient (Wildman–Crippen LogP) is 5.01. The lowest BCUT2D eigenvalue weighted by molar-refractivity contribution is -0.118. The van der Waals surface area contributed by atoms with E-state index in [9.17, 15) is 9.59 Å². The van der Waals surface area contributed by atoms with Gasteiger partial charge in [-0.15, -0.1) is 0 Å². The lowest BCUT2D eigenvalue weighted by Gasteiger charge is -2.13. The maximum Gasteiger partial charge on any atom is 0.262 e. The average molecular weight is 375 g/mol. The van der Waals surface area contributed by atoms with Crippen LogP contribution in [0.15, 0.2) is 72.8 Å². The Morgan fingerprint density at radius 3 is 2.39 bits per heavy atom. The molecule has 0 atom stereocenters. The van der Waals surface area contributed by atoms with Gasteiger partial charge in [-0.2, -0.15) is 0 Å². The fraction of sp³-hybridized carbons (Fsp3) is 0.130. The van der Waals surface area contributed by atoms with Crippen molar-refractivity contribution in [3.8, 4) is 17.2 Å². The number of hydrogen-bond donors (Lipinski definition) is 1. The van der Waals surface area contributed by atoms with E-state index < -0.39 is 0 Å². The van der Waals surface area contributed by atoms with E-state index in [1.165, 1.54) is 6.92 Å². The molecule has 0 heterocycles. The molecule has 5 nitrogen and oxygen atoms in total. The van der Waals surface area contributed by atoms with Crippen LogP contribution in [-0.2, 0) is 4.79 Å². The first kappa shape index (κ1) is 19.2. The molecule has 1 N–H and O–H groups in total. The topological polar surface area (TPSA) is 64.6 Å². The lowest BCUT2D eigenvalue weighted by Crippen LogP contribution is -2.20. The third-order valence-electron chi connectivity index (χ3n) is 4.02. The average Bonchev–Trinajstić information content (AvgIpc) is 2.70. The summed E-state index contributed by atoms with van der Waals surface area (Å²) in [6.07, 6.45) is 0. The van der Waals surface area contributed by atoms with E-state index in [0.29, 0.717) is 28.5 Å². The van der Waals surface area contributed by atoms with Crippen LogP contribution in [0.2, 0.25) is 0 Å². The molecule has 0 aliphatic heterocycles. The molecule has 5 heteroatoms. The number of hydrogen-bond acceptors (Lipinski definition) is 4. The van der Waals surface area contributed by atoms with Crippen LogP contribution in [0.5, 0.6) is 17.2 Å². The van der Waals surface area contributed by atoms with E-state index >= 15 is 0 Å². The second-order valence-electron chi connectivity index (χ2n) is 6.33. The summed E-state index contributed by atoms with van der Waals surface area (Å²) in [6.45, 7) is 3.31. The number of carbonyl (C=O) groups is 2. The Balaban J connectivity index is 1.63. The van der Waals surface area contributed by atoms with Crippen LogP contribution in [0.25, 0.3) is 0 Å². The molecule has 0 unspecified atom stereocenters. The summed E-state index contributed by atoms with van der Waals surface area (Å²) < 4.78 is 11.4. The summed E-state index contributed by atoms with van der Waals surface area (Å²) in [5.74, 6) is 1.31. The van der Waals surface area contributed by atoms with E-state index in [0.717, 1.165) is 5.56 Å². The van der Waals surface area contributed by atoms with Gasteiger partial charge in [0.2, 0.25) is 0 Å². The van der Waals surface area contributed by atoms with Crippen molar-refractivity contribution >= 4 is 17.4 Å². The van der Waals surface area contributed by atoms with Gasteiger partial charge in [0.05, 0.1) is 5.69 Å². The summed E-state index contributed by atoms with van der Waals surface area (Å²) in [6, 6.07) is 21.6. The lowest BCUT2D eigenvalue weighted by atomic mass is 10.1. The van der Waals surface area contributed by atoms with Gasteiger partial charge in [0.15, 0.2) is 18.1 Å². The monoisotopic (exact) mass is 375 g/mol. The normalized spacial score (nSPS) is 10.2. The van der Waals surface area contributed by atoms with Crippen LogP contribution in [-0.4, -0.2) is 18.3 Å². The Hall–Kier alpha value is -3.60. The molecule has 0 aromatic heterocycles. The zero-order valence-electron chi connectivity index (χ0n) is 15.8. The van der Waals surface area contributed by atoms with Crippen LogP contribution < -0.4 is 14.8 Å². The van der Waals surface area contributed by atoms with Crippen molar-refractivity contribution in [1.82, 2.24) is 0 Å². The van der Waals surface area contributed by atoms with Crippen molar-refractivity contribution in [2.24, 2.45) is 0 Å². The number of amides is 1. The minimum atomic E-state index is -0.326. The highest BCUT2D eigenvalue weighted by Crippen LogP contribution is 2.29. The van der Waals surface area contributed by atoms with Gasteiger partial charge in [-0.1, -0.05) is 42.0 Å². The minimum Gasteiger partial charge on any atom is -0.484 e. The second-order valence-corrected chi connectivity index (χ2v) is 6.33. The third kappa shape index (κ3) is 5.20. The van der Waals surface area contributed by atoms with E-state index in [1.807, 2.05) is 43.3 Å². The van der Waals surface area contributed by atoms with E-state index in [4.69, 9.17) is 9.47 Å². The zero-order chi connectivity index (χ0) is 19.9. The molecule has 0 spiro atoms. The van der Waals surface area contributed by atoms with Crippen LogP contribution in [0.1, 0.15) is 22.8 Å². The standard InChI is InChI=1S/C23H21NO4/c1-16-10-12-19(13-11-16)28-22-9-4-3-8-21(22)24-23(26)15-27-20-7-5-6-18(14-20)17(2)25/h3-14H,15H2,1-2H3,(H,24,26). The van der Waals surface area contributed by atoms with Gasteiger partial charge in [0.1, 0.15) is 11.5 Å². The summed E-state index contributed by atoms with van der Waals surface area (Å²) in [7, 11) is 0. The van der Waals surface area contributed by atoms with E-state index in [2.05, 4.69) is 5.32 Å². The molecule has 0 aliphatic carbocycles. The number of rotatable bonds is 7. The molecule has 142 valence electrons. The smallest absolute Gasteiger partial charge is 0.262 e. The van der Waals surface area contributed by atoms with Crippen LogP contribution in [0.4, 0.5) is 5.69 Å². The highest BCUT2D eigenvalue weighted by Gasteiger charge is 2.10. The second kappa shape index (κ2) is 8.86. The Labute approximate surface area is 163 Å². The Morgan fingerprint density at radius 1 is 0.893 bits per heavy atom. The van der Waals surface area contributed by atoms with Crippen LogP contribution in [0, 0.1) is 6.92 Å². The van der Waals surface area contributed by atoms with Crippen molar-refractivity contribution in [2.45, 2.75) is 13.8 Å². The molecular weight excluding hydrogens is 354 g/mol. The predicted molar refractivity (Wildman–Crippen MR) is 108 cm³/mol. The summed E-state index contributed by atoms with van der Waals surface area (Å²) in [4.78, 5) is 23.7. The number of nitrogens with one attached hydrogen (secondary N) is 1. The molecular formula is C23H21NO4. The molecule has 3 aromatic carbocycles. The first-order valence-electron chi connectivity index (χ1n) is 8.88. The van der Waals surface area contributed by atoms with Crippen LogP contribution in [0.3, 0.4) is 0 Å². The number of carbonyl (C=O) groups excluding carboxylic acids is 2. The van der Waals surface area contributed by atoms with Gasteiger partial charge < -0.3 is 14.8 Å². The molecule has 0 saturated carbocycles. The Bertz CT molecular complexity index is 980. The number of Topliss-reactive ketones (excluding diaryl/α,β-unsaturated/α-hetero) is 1. The fourth-order valence-corrected chi connectivity index (χ4v) is 2.53. The third-order valence-corrected chi connectivity index (χ3v) is 4.02. The molecule has 0 radical (unpaired) electrons. The maximum atomic E-state index is 12.3. The highest BCUT2D eigenvalue weighted by atomic mass is 16.5. The number of para-hydroxylation sites is 2. The maximum absolute atomic E-state index is 12.3. The van der Waals surface area contributed by atoms with E-state index in [1.54, 1.807) is 36.4 Å². The van der Waals surface area contributed by atoms with Gasteiger partial charge in [-0.3, -0.25) is 9.59 Å². The molecule has 3 aromatic rings. The van der Waals surface area contributed by atoms with Gasteiger partial charge in [0, 0.05) is 5.56 Å². The number of ether oxygens (including phenoxy) is 2. The van der Waals surface area contributed by atoms with Crippen molar-refractivity contribution in [1.29, 1.82) is 0 Å². The molecule has 1 amide bonds. The molecule has 3 rings (SSSR count). The van der Waals surface area contributed by atoms with Gasteiger partial charge >= 0.3 is 0 Å². The van der Waals surface area contributed by atoms with Gasteiger partial charge in [-0.25, -0.2) is 0 Å². The fourth-order valence-electron chi connectivity index (χ4n) is 2.53. The molecule has 28 heavy (non-hydrogen) atoms. The van der Waals surface area contributed by atoms with Crippen molar-refractivity contribution < 1.29 is 19.1 Å². The van der Waals surface area contributed by atoms with Crippen LogP contribution >= 0.6 is 0 Å². The molecule has 0 bridgehead atoms. The first-order valence-corrected chi connectivity index (χ1v) is 8.88. The first-order chi connectivity index (χ1) is 13.5. The largest absolute Gasteiger partial charge is 0.484 e. The summed E-state index contributed by atoms with van der Waals surface area (Å²) in [5.41, 5.74) is 2.23. The van der Waals surface area contributed by atoms with Crippen molar-refractivity contribution in [3.63, 3.8) is 0 Å². The number of anilines is 1. The summed E-state index contributed by atoms with van der Waals surface area (Å²) >= 11 is 0. The number of benzene rings is 3. The quantitative estimate of drug-likeness (QED) is 0.590. The minimum absolute atomic E-state index is 0.0583. The SMILES string of the molecule is CC(=O)c1cccc(OCC(=O)Nc2ccccc2Oc2ccc(C)cc2)c1. The molecule has 0 fully saturated rings. The molecule has 0 saturated heterocycles. The van der Waals surface area contributed by atoms with Gasteiger partial charge in [-0.05, 0) is 50.2 Å². The van der Waals surface area contributed by atoms with E-state index in [-0.39, 0.29) is 18.3 Å². The highest BCUT2D eigenvalue weighted by molar-refractivity contribution is 5.95. The Kier molecular flexibility index (Phi) is 6.07. The molecule has 0 aliphatic rings. The Morgan fingerprint density at radius 2 is 1.64 bits per heavy atom.